The van der Waals surface area contributed by atoms with E-state index in [1.54, 1.807) is 12.1 Å². The SMILES string of the molecule is CCOC(=O)C1(CC2CC2)CCN(C(=O)c2ccc(-c3ccc(F)cc3)cc2)CC1. The molecule has 158 valence electrons. The number of halogens is 1. The lowest BCUT2D eigenvalue weighted by atomic mass is 9.74. The van der Waals surface area contributed by atoms with Gasteiger partial charge in [0.1, 0.15) is 5.82 Å². The van der Waals surface area contributed by atoms with Gasteiger partial charge in [-0.25, -0.2) is 4.39 Å². The molecule has 0 unspecified atom stereocenters. The third kappa shape index (κ3) is 4.40. The van der Waals surface area contributed by atoms with Gasteiger partial charge in [0.15, 0.2) is 0 Å². The first kappa shape index (κ1) is 20.6. The van der Waals surface area contributed by atoms with E-state index in [0.717, 1.165) is 17.5 Å². The first-order valence-electron chi connectivity index (χ1n) is 10.8. The summed E-state index contributed by atoms with van der Waals surface area (Å²) in [5.41, 5.74) is 2.05. The molecule has 5 heteroatoms. The monoisotopic (exact) mass is 409 g/mol. The van der Waals surface area contributed by atoms with Gasteiger partial charge in [-0.15, -0.1) is 0 Å². The smallest absolute Gasteiger partial charge is 0.312 e. The minimum absolute atomic E-state index is 0.00969. The van der Waals surface area contributed by atoms with Crippen LogP contribution in [-0.4, -0.2) is 36.5 Å². The number of benzene rings is 2. The van der Waals surface area contributed by atoms with Crippen molar-refractivity contribution < 1.29 is 18.7 Å². The molecular weight excluding hydrogens is 381 g/mol. The highest BCUT2D eigenvalue weighted by atomic mass is 19.1. The van der Waals surface area contributed by atoms with E-state index in [2.05, 4.69) is 0 Å². The lowest BCUT2D eigenvalue weighted by molar-refractivity contribution is -0.159. The van der Waals surface area contributed by atoms with Crippen molar-refractivity contribution in [3.8, 4) is 11.1 Å². The van der Waals surface area contributed by atoms with Crippen molar-refractivity contribution in [3.05, 3.63) is 59.9 Å². The van der Waals surface area contributed by atoms with Crippen LogP contribution in [0.5, 0.6) is 0 Å². The quantitative estimate of drug-likeness (QED) is 0.625. The Balaban J connectivity index is 1.42. The first-order valence-corrected chi connectivity index (χ1v) is 10.8. The Morgan fingerprint density at radius 1 is 1.00 bits per heavy atom. The number of hydrogen-bond donors (Lipinski definition) is 0. The maximum absolute atomic E-state index is 13.1. The van der Waals surface area contributed by atoms with Gasteiger partial charge in [0.2, 0.25) is 0 Å². The van der Waals surface area contributed by atoms with Crippen LogP contribution in [0.2, 0.25) is 0 Å². The second kappa shape index (κ2) is 8.58. The summed E-state index contributed by atoms with van der Waals surface area (Å²) < 4.78 is 18.5. The number of amides is 1. The van der Waals surface area contributed by atoms with Crippen molar-refractivity contribution >= 4 is 11.9 Å². The van der Waals surface area contributed by atoms with E-state index in [1.165, 1.54) is 25.0 Å². The topological polar surface area (TPSA) is 46.6 Å². The number of hydrogen-bond acceptors (Lipinski definition) is 3. The molecule has 30 heavy (non-hydrogen) atoms. The minimum atomic E-state index is -0.430. The largest absolute Gasteiger partial charge is 0.466 e. The van der Waals surface area contributed by atoms with E-state index < -0.39 is 5.41 Å². The molecule has 4 rings (SSSR count). The molecule has 0 aromatic heterocycles. The summed E-state index contributed by atoms with van der Waals surface area (Å²) in [5.74, 6) is 0.268. The molecule has 1 saturated heterocycles. The molecule has 2 aromatic carbocycles. The molecule has 1 aliphatic heterocycles. The third-order valence-electron chi connectivity index (χ3n) is 6.40. The highest BCUT2D eigenvalue weighted by Crippen LogP contribution is 2.46. The Hall–Kier alpha value is -2.69. The van der Waals surface area contributed by atoms with E-state index in [0.29, 0.717) is 44.0 Å². The maximum Gasteiger partial charge on any atom is 0.312 e. The van der Waals surface area contributed by atoms with Crippen molar-refractivity contribution in [2.75, 3.05) is 19.7 Å². The standard InChI is InChI=1S/C25H28FNO3/c1-2-30-24(29)25(17-18-3-4-18)13-15-27(16-14-25)23(28)21-7-5-19(6-8-21)20-9-11-22(26)12-10-20/h5-12,18H,2-4,13-17H2,1H3. The molecule has 2 aromatic rings. The van der Waals surface area contributed by atoms with Gasteiger partial charge in [0.25, 0.3) is 5.91 Å². The molecule has 1 saturated carbocycles. The number of ether oxygens (including phenoxy) is 1. The number of esters is 1. The van der Waals surface area contributed by atoms with Gasteiger partial charge < -0.3 is 9.64 Å². The summed E-state index contributed by atoms with van der Waals surface area (Å²) in [5, 5.41) is 0. The predicted molar refractivity (Wildman–Crippen MR) is 113 cm³/mol. The van der Waals surface area contributed by atoms with Gasteiger partial charge in [-0.05, 0) is 67.5 Å². The van der Waals surface area contributed by atoms with E-state index >= 15 is 0 Å². The van der Waals surface area contributed by atoms with E-state index in [1.807, 2.05) is 36.1 Å². The maximum atomic E-state index is 13.1. The summed E-state index contributed by atoms with van der Waals surface area (Å²) in [6.07, 6.45) is 4.62. The van der Waals surface area contributed by atoms with Crippen molar-refractivity contribution in [2.24, 2.45) is 11.3 Å². The molecular formula is C25H28FNO3. The van der Waals surface area contributed by atoms with E-state index in [4.69, 9.17) is 4.74 Å². The normalized spacial score (nSPS) is 18.1. The zero-order chi connectivity index (χ0) is 21.1. The zero-order valence-electron chi connectivity index (χ0n) is 17.4. The van der Waals surface area contributed by atoms with Crippen molar-refractivity contribution in [1.82, 2.24) is 4.90 Å². The molecule has 2 aliphatic rings. The van der Waals surface area contributed by atoms with Crippen LogP contribution in [0.4, 0.5) is 4.39 Å². The lowest BCUT2D eigenvalue weighted by Crippen LogP contribution is -2.47. The number of rotatable bonds is 6. The van der Waals surface area contributed by atoms with Gasteiger partial charge in [0, 0.05) is 18.7 Å². The van der Waals surface area contributed by atoms with Gasteiger partial charge in [0.05, 0.1) is 12.0 Å². The molecule has 0 N–H and O–H groups in total. The molecule has 0 bridgehead atoms. The molecule has 1 heterocycles. The number of piperidine rings is 1. The van der Waals surface area contributed by atoms with Crippen LogP contribution in [0.1, 0.15) is 49.4 Å². The van der Waals surface area contributed by atoms with Crippen LogP contribution < -0.4 is 0 Å². The van der Waals surface area contributed by atoms with E-state index in [-0.39, 0.29) is 17.7 Å². The summed E-state index contributed by atoms with van der Waals surface area (Å²) in [6, 6.07) is 13.7. The average molecular weight is 410 g/mol. The summed E-state index contributed by atoms with van der Waals surface area (Å²) in [4.78, 5) is 27.5. The molecule has 1 amide bonds. The summed E-state index contributed by atoms with van der Waals surface area (Å²) >= 11 is 0. The van der Waals surface area contributed by atoms with Crippen LogP contribution in [0.25, 0.3) is 11.1 Å². The number of nitrogens with zero attached hydrogens (tertiary/aromatic N) is 1. The molecule has 1 aliphatic carbocycles. The number of likely N-dealkylation sites (tertiary alicyclic amines) is 1. The fourth-order valence-corrected chi connectivity index (χ4v) is 4.42. The van der Waals surface area contributed by atoms with Gasteiger partial charge in [-0.2, -0.15) is 0 Å². The van der Waals surface area contributed by atoms with Crippen molar-refractivity contribution in [3.63, 3.8) is 0 Å². The first-order chi connectivity index (χ1) is 14.5. The summed E-state index contributed by atoms with van der Waals surface area (Å²) in [6.45, 7) is 3.39. The fraction of sp³-hybridized carbons (Fsp3) is 0.440. The Morgan fingerprint density at radius 3 is 2.10 bits per heavy atom. The van der Waals surface area contributed by atoms with Gasteiger partial charge in [-0.3, -0.25) is 9.59 Å². The summed E-state index contributed by atoms with van der Waals surface area (Å²) in [7, 11) is 0. The lowest BCUT2D eigenvalue weighted by Gasteiger charge is -2.40. The minimum Gasteiger partial charge on any atom is -0.466 e. The second-order valence-electron chi connectivity index (χ2n) is 8.52. The van der Waals surface area contributed by atoms with Crippen molar-refractivity contribution in [2.45, 2.75) is 39.0 Å². The van der Waals surface area contributed by atoms with Crippen LogP contribution in [0.3, 0.4) is 0 Å². The highest BCUT2D eigenvalue weighted by Gasteiger charge is 2.46. The Labute approximate surface area is 177 Å². The molecule has 0 spiro atoms. The molecule has 0 radical (unpaired) electrons. The van der Waals surface area contributed by atoms with Crippen LogP contribution in [0, 0.1) is 17.2 Å². The molecule has 2 fully saturated rings. The number of carbonyl (C=O) groups excluding carboxylic acids is 2. The van der Waals surface area contributed by atoms with Gasteiger partial charge >= 0.3 is 5.97 Å². The van der Waals surface area contributed by atoms with Crippen LogP contribution in [0.15, 0.2) is 48.5 Å². The van der Waals surface area contributed by atoms with E-state index in [9.17, 15) is 14.0 Å². The second-order valence-corrected chi connectivity index (χ2v) is 8.52. The number of carbonyl (C=O) groups is 2. The van der Waals surface area contributed by atoms with Crippen LogP contribution in [-0.2, 0) is 9.53 Å². The highest BCUT2D eigenvalue weighted by molar-refractivity contribution is 5.95. The van der Waals surface area contributed by atoms with Crippen LogP contribution >= 0.6 is 0 Å². The fourth-order valence-electron chi connectivity index (χ4n) is 4.42. The Morgan fingerprint density at radius 2 is 1.57 bits per heavy atom. The van der Waals surface area contributed by atoms with Gasteiger partial charge in [-0.1, -0.05) is 37.1 Å². The van der Waals surface area contributed by atoms with Crippen molar-refractivity contribution in [1.29, 1.82) is 0 Å². The Kier molecular flexibility index (Phi) is 5.89. The molecule has 4 nitrogen and oxygen atoms in total. The average Bonchev–Trinajstić information content (AvgIpc) is 3.58. The predicted octanol–water partition coefficient (Wildman–Crippen LogP) is 5.08. The zero-order valence-corrected chi connectivity index (χ0v) is 17.4. The molecule has 0 atom stereocenters. The Bertz CT molecular complexity index is 895. The third-order valence-corrected chi connectivity index (χ3v) is 6.40.